The van der Waals surface area contributed by atoms with Crippen LogP contribution < -0.4 is 0 Å². The highest BCUT2D eigenvalue weighted by Crippen LogP contribution is 2.26. The van der Waals surface area contributed by atoms with Gasteiger partial charge < -0.3 is 4.52 Å². The fourth-order valence-electron chi connectivity index (χ4n) is 2.87. The van der Waals surface area contributed by atoms with Crippen LogP contribution in [0.4, 0.5) is 4.39 Å². The van der Waals surface area contributed by atoms with Crippen LogP contribution in [0.3, 0.4) is 0 Å². The molecule has 120 valence electrons. The summed E-state index contributed by atoms with van der Waals surface area (Å²) in [4.78, 5) is 26.0. The fourth-order valence-corrected chi connectivity index (χ4v) is 2.87. The standard InChI is InChI=1S/C17H17FN2O3/c1-10-15(11(2)23-19-10)9-20-16(21)8-13(17(20)22)7-12-3-5-14(18)6-4-12/h3-6,13H,7-9H2,1-2H3/t13-/m1/s1. The molecule has 1 aromatic heterocycles. The van der Waals surface area contributed by atoms with Crippen molar-refractivity contribution in [3.8, 4) is 0 Å². The van der Waals surface area contributed by atoms with Gasteiger partial charge in [-0.05, 0) is 38.0 Å². The van der Waals surface area contributed by atoms with Gasteiger partial charge in [-0.2, -0.15) is 0 Å². The quantitative estimate of drug-likeness (QED) is 0.813. The van der Waals surface area contributed by atoms with Gasteiger partial charge in [0.2, 0.25) is 11.8 Å². The Morgan fingerprint density at radius 2 is 1.96 bits per heavy atom. The zero-order valence-corrected chi connectivity index (χ0v) is 13.0. The number of carbonyl (C=O) groups is 2. The Hall–Kier alpha value is -2.50. The topological polar surface area (TPSA) is 63.4 Å². The number of carbonyl (C=O) groups excluding carboxylic acids is 2. The van der Waals surface area contributed by atoms with Gasteiger partial charge >= 0.3 is 0 Å². The zero-order valence-electron chi connectivity index (χ0n) is 13.0. The van der Waals surface area contributed by atoms with Crippen molar-refractivity contribution < 1.29 is 18.5 Å². The van der Waals surface area contributed by atoms with Crippen molar-refractivity contribution in [1.82, 2.24) is 10.1 Å². The van der Waals surface area contributed by atoms with Gasteiger partial charge in [-0.1, -0.05) is 17.3 Å². The number of benzene rings is 1. The lowest BCUT2D eigenvalue weighted by Gasteiger charge is -2.14. The molecule has 1 aliphatic rings. The average Bonchev–Trinajstić information content (AvgIpc) is 2.97. The van der Waals surface area contributed by atoms with E-state index in [-0.39, 0.29) is 30.6 Å². The van der Waals surface area contributed by atoms with E-state index in [2.05, 4.69) is 5.16 Å². The maximum Gasteiger partial charge on any atom is 0.233 e. The number of rotatable bonds is 4. The molecule has 23 heavy (non-hydrogen) atoms. The zero-order chi connectivity index (χ0) is 16.6. The predicted octanol–water partition coefficient (Wildman–Crippen LogP) is 2.55. The molecule has 5 nitrogen and oxygen atoms in total. The summed E-state index contributed by atoms with van der Waals surface area (Å²) in [6.07, 6.45) is 0.614. The van der Waals surface area contributed by atoms with Crippen molar-refractivity contribution in [3.05, 3.63) is 52.7 Å². The number of imide groups is 1. The van der Waals surface area contributed by atoms with Crippen LogP contribution in [-0.4, -0.2) is 21.9 Å². The highest BCUT2D eigenvalue weighted by molar-refractivity contribution is 6.03. The molecule has 1 fully saturated rings. The highest BCUT2D eigenvalue weighted by atomic mass is 19.1. The molecule has 1 saturated heterocycles. The van der Waals surface area contributed by atoms with Gasteiger partial charge in [0.1, 0.15) is 11.6 Å². The van der Waals surface area contributed by atoms with Crippen LogP contribution in [0.5, 0.6) is 0 Å². The molecule has 3 rings (SSSR count). The van der Waals surface area contributed by atoms with E-state index in [1.54, 1.807) is 26.0 Å². The molecule has 6 heteroatoms. The monoisotopic (exact) mass is 316 g/mol. The van der Waals surface area contributed by atoms with E-state index < -0.39 is 5.92 Å². The maximum atomic E-state index is 12.9. The van der Waals surface area contributed by atoms with Gasteiger partial charge in [0.25, 0.3) is 0 Å². The number of hydrogen-bond donors (Lipinski definition) is 0. The fraction of sp³-hybridized carbons (Fsp3) is 0.353. The molecule has 0 N–H and O–H groups in total. The number of aromatic nitrogens is 1. The van der Waals surface area contributed by atoms with Crippen molar-refractivity contribution in [2.45, 2.75) is 33.2 Å². The molecule has 2 amide bonds. The summed E-state index contributed by atoms with van der Waals surface area (Å²) < 4.78 is 18.0. The first kappa shape index (κ1) is 15.4. The second kappa shape index (κ2) is 5.95. The van der Waals surface area contributed by atoms with Crippen molar-refractivity contribution >= 4 is 11.8 Å². The normalized spacial score (nSPS) is 18.0. The molecule has 2 aromatic rings. The lowest BCUT2D eigenvalue weighted by molar-refractivity contribution is -0.140. The summed E-state index contributed by atoms with van der Waals surface area (Å²) in [6.45, 7) is 3.74. The molecule has 2 heterocycles. The van der Waals surface area contributed by atoms with Gasteiger partial charge in [0.15, 0.2) is 0 Å². The number of hydrogen-bond acceptors (Lipinski definition) is 4. The van der Waals surface area contributed by atoms with E-state index in [4.69, 9.17) is 4.52 Å². The first-order valence-electron chi connectivity index (χ1n) is 7.46. The number of nitrogens with zero attached hydrogens (tertiary/aromatic N) is 2. The molecule has 0 unspecified atom stereocenters. The lowest BCUT2D eigenvalue weighted by atomic mass is 9.98. The van der Waals surface area contributed by atoms with E-state index in [1.165, 1.54) is 17.0 Å². The van der Waals surface area contributed by atoms with E-state index in [0.717, 1.165) is 11.1 Å². The van der Waals surface area contributed by atoms with Crippen LogP contribution in [-0.2, 0) is 22.6 Å². The molecule has 0 bridgehead atoms. The van der Waals surface area contributed by atoms with E-state index in [0.29, 0.717) is 17.9 Å². The minimum absolute atomic E-state index is 0.180. The van der Waals surface area contributed by atoms with Gasteiger partial charge in [-0.25, -0.2) is 4.39 Å². The van der Waals surface area contributed by atoms with Crippen LogP contribution in [0, 0.1) is 25.6 Å². The van der Waals surface area contributed by atoms with Crippen molar-refractivity contribution in [3.63, 3.8) is 0 Å². The lowest BCUT2D eigenvalue weighted by Crippen LogP contribution is -2.30. The predicted molar refractivity (Wildman–Crippen MR) is 79.7 cm³/mol. The molecule has 0 saturated carbocycles. The molecule has 0 radical (unpaired) electrons. The Bertz CT molecular complexity index is 732. The minimum Gasteiger partial charge on any atom is -0.361 e. The number of halogens is 1. The van der Waals surface area contributed by atoms with Crippen LogP contribution >= 0.6 is 0 Å². The van der Waals surface area contributed by atoms with Crippen molar-refractivity contribution in [2.75, 3.05) is 0 Å². The summed E-state index contributed by atoms with van der Waals surface area (Å²) in [5.74, 6) is -0.484. The molecular formula is C17H17FN2O3. The average molecular weight is 316 g/mol. The molecule has 0 aliphatic carbocycles. The first-order valence-corrected chi connectivity index (χ1v) is 7.46. The van der Waals surface area contributed by atoms with Crippen molar-refractivity contribution in [2.24, 2.45) is 5.92 Å². The van der Waals surface area contributed by atoms with E-state index in [9.17, 15) is 14.0 Å². The summed E-state index contributed by atoms with van der Waals surface area (Å²) in [6, 6.07) is 6.00. The summed E-state index contributed by atoms with van der Waals surface area (Å²) in [5, 5.41) is 3.84. The van der Waals surface area contributed by atoms with Gasteiger partial charge in [0.05, 0.1) is 18.2 Å². The van der Waals surface area contributed by atoms with Crippen LogP contribution in [0.1, 0.15) is 29.0 Å². The SMILES string of the molecule is Cc1noc(C)c1CN1C(=O)C[C@@H](Cc2ccc(F)cc2)C1=O. The van der Waals surface area contributed by atoms with Gasteiger partial charge in [-0.15, -0.1) is 0 Å². The van der Waals surface area contributed by atoms with Gasteiger partial charge in [-0.3, -0.25) is 14.5 Å². The van der Waals surface area contributed by atoms with E-state index in [1.807, 2.05) is 0 Å². The Balaban J connectivity index is 1.73. The molecule has 1 atom stereocenters. The van der Waals surface area contributed by atoms with Gasteiger partial charge in [0, 0.05) is 12.0 Å². The minimum atomic E-state index is -0.395. The number of aryl methyl sites for hydroxylation is 2. The maximum absolute atomic E-state index is 12.9. The van der Waals surface area contributed by atoms with Crippen LogP contribution in [0.25, 0.3) is 0 Å². The number of likely N-dealkylation sites (tertiary alicyclic amines) is 1. The number of amides is 2. The highest BCUT2D eigenvalue weighted by Gasteiger charge is 2.39. The second-order valence-corrected chi connectivity index (χ2v) is 5.85. The molecule has 1 aromatic carbocycles. The molecule has 1 aliphatic heterocycles. The smallest absolute Gasteiger partial charge is 0.233 e. The Morgan fingerprint density at radius 1 is 1.26 bits per heavy atom. The summed E-state index contributed by atoms with van der Waals surface area (Å²) in [5.41, 5.74) is 2.30. The third-order valence-electron chi connectivity index (χ3n) is 4.23. The summed E-state index contributed by atoms with van der Waals surface area (Å²) in [7, 11) is 0. The Labute approximate surface area is 133 Å². The molecular weight excluding hydrogens is 299 g/mol. The van der Waals surface area contributed by atoms with Crippen molar-refractivity contribution in [1.29, 1.82) is 0 Å². The summed E-state index contributed by atoms with van der Waals surface area (Å²) >= 11 is 0. The van der Waals surface area contributed by atoms with Crippen LogP contribution in [0.2, 0.25) is 0 Å². The third kappa shape index (κ3) is 3.02. The third-order valence-corrected chi connectivity index (χ3v) is 4.23. The van der Waals surface area contributed by atoms with Crippen LogP contribution in [0.15, 0.2) is 28.8 Å². The van der Waals surface area contributed by atoms with E-state index >= 15 is 0 Å². The Morgan fingerprint density at radius 3 is 2.57 bits per heavy atom. The largest absolute Gasteiger partial charge is 0.361 e. The Kier molecular flexibility index (Phi) is 3.98. The second-order valence-electron chi connectivity index (χ2n) is 5.85. The molecule has 0 spiro atoms. The first-order chi connectivity index (χ1) is 11.0.